The van der Waals surface area contributed by atoms with Gasteiger partial charge in [0.1, 0.15) is 5.75 Å². The minimum Gasteiger partial charge on any atom is -0.494 e. The van der Waals surface area contributed by atoms with Gasteiger partial charge >= 0.3 is 0 Å². The molecule has 0 aliphatic carbocycles. The predicted octanol–water partition coefficient (Wildman–Crippen LogP) is 3.15. The molecule has 0 radical (unpaired) electrons. The van der Waals surface area contributed by atoms with Crippen LogP contribution in [0.5, 0.6) is 5.75 Å². The molecule has 1 heterocycles. The van der Waals surface area contributed by atoms with Crippen molar-refractivity contribution in [1.29, 1.82) is 0 Å². The Morgan fingerprint density at radius 3 is 2.81 bits per heavy atom. The molecule has 1 aromatic carbocycles. The average Bonchev–Trinajstić information content (AvgIpc) is 2.48. The van der Waals surface area contributed by atoms with Gasteiger partial charge < -0.3 is 15.0 Å². The SMILES string of the molecule is Cc1ccc(OCCCN(C)CC2CCCCN2)cc1C. The molecule has 1 aliphatic heterocycles. The summed E-state index contributed by atoms with van der Waals surface area (Å²) in [6.45, 7) is 8.51. The second-order valence-corrected chi connectivity index (χ2v) is 6.36. The average molecular weight is 290 g/mol. The van der Waals surface area contributed by atoms with E-state index in [1.165, 1.54) is 36.9 Å². The van der Waals surface area contributed by atoms with E-state index in [9.17, 15) is 0 Å². The minimum atomic E-state index is 0.685. The molecule has 0 spiro atoms. The summed E-state index contributed by atoms with van der Waals surface area (Å²) in [4.78, 5) is 2.42. The van der Waals surface area contributed by atoms with Crippen LogP contribution in [0.2, 0.25) is 0 Å². The van der Waals surface area contributed by atoms with Crippen LogP contribution in [0.15, 0.2) is 18.2 Å². The summed E-state index contributed by atoms with van der Waals surface area (Å²) in [7, 11) is 2.21. The van der Waals surface area contributed by atoms with Crippen molar-refractivity contribution in [3.05, 3.63) is 29.3 Å². The summed E-state index contributed by atoms with van der Waals surface area (Å²) in [5, 5.41) is 3.60. The first-order valence-corrected chi connectivity index (χ1v) is 8.27. The number of nitrogens with one attached hydrogen (secondary N) is 1. The molecule has 1 fully saturated rings. The normalized spacial score (nSPS) is 19.0. The molecule has 21 heavy (non-hydrogen) atoms. The molecule has 1 unspecified atom stereocenters. The van der Waals surface area contributed by atoms with Crippen molar-refractivity contribution < 1.29 is 4.74 Å². The molecule has 1 N–H and O–H groups in total. The molecule has 1 aromatic rings. The minimum absolute atomic E-state index is 0.685. The van der Waals surface area contributed by atoms with E-state index in [1.54, 1.807) is 0 Å². The molecule has 0 aromatic heterocycles. The molecular weight excluding hydrogens is 260 g/mol. The molecule has 0 amide bonds. The molecule has 2 rings (SSSR count). The lowest BCUT2D eigenvalue weighted by Gasteiger charge is -2.28. The van der Waals surface area contributed by atoms with Crippen molar-refractivity contribution in [3.63, 3.8) is 0 Å². The Balaban J connectivity index is 1.61. The third-order valence-electron chi connectivity index (χ3n) is 4.38. The lowest BCUT2D eigenvalue weighted by Crippen LogP contribution is -2.42. The van der Waals surface area contributed by atoms with Gasteiger partial charge in [-0.1, -0.05) is 12.5 Å². The lowest BCUT2D eigenvalue weighted by atomic mass is 10.0. The maximum Gasteiger partial charge on any atom is 0.119 e. The maximum atomic E-state index is 5.84. The van der Waals surface area contributed by atoms with E-state index >= 15 is 0 Å². The smallest absolute Gasteiger partial charge is 0.119 e. The van der Waals surface area contributed by atoms with Gasteiger partial charge in [-0.15, -0.1) is 0 Å². The van der Waals surface area contributed by atoms with E-state index in [1.807, 2.05) is 0 Å². The second-order valence-electron chi connectivity index (χ2n) is 6.36. The van der Waals surface area contributed by atoms with Gasteiger partial charge in [0.2, 0.25) is 0 Å². The first-order valence-electron chi connectivity index (χ1n) is 8.27. The van der Waals surface area contributed by atoms with E-state index in [4.69, 9.17) is 4.74 Å². The van der Waals surface area contributed by atoms with Gasteiger partial charge in [0.15, 0.2) is 0 Å². The van der Waals surface area contributed by atoms with Crippen molar-refractivity contribution in [2.75, 3.05) is 33.3 Å². The van der Waals surface area contributed by atoms with E-state index < -0.39 is 0 Å². The topological polar surface area (TPSA) is 24.5 Å². The number of nitrogens with zero attached hydrogens (tertiary/aromatic N) is 1. The summed E-state index contributed by atoms with van der Waals surface area (Å²) in [5.41, 5.74) is 2.62. The largest absolute Gasteiger partial charge is 0.494 e. The van der Waals surface area contributed by atoms with Gasteiger partial charge in [0.05, 0.1) is 6.61 Å². The van der Waals surface area contributed by atoms with E-state index in [0.29, 0.717) is 6.04 Å². The van der Waals surface area contributed by atoms with Crippen LogP contribution in [0, 0.1) is 13.8 Å². The fourth-order valence-electron chi connectivity index (χ4n) is 2.88. The van der Waals surface area contributed by atoms with Crippen LogP contribution in [0.3, 0.4) is 0 Å². The van der Waals surface area contributed by atoms with Crippen molar-refractivity contribution in [1.82, 2.24) is 10.2 Å². The van der Waals surface area contributed by atoms with Gasteiger partial charge in [-0.05, 0) is 70.0 Å². The van der Waals surface area contributed by atoms with Gasteiger partial charge in [0.25, 0.3) is 0 Å². The molecule has 1 aliphatic rings. The number of aryl methyl sites for hydroxylation is 2. The van der Waals surface area contributed by atoms with E-state index in [2.05, 4.69) is 49.3 Å². The zero-order valence-corrected chi connectivity index (χ0v) is 13.8. The Labute approximate surface area is 129 Å². The predicted molar refractivity (Wildman–Crippen MR) is 89.2 cm³/mol. The molecule has 1 saturated heterocycles. The zero-order valence-electron chi connectivity index (χ0n) is 13.8. The third-order valence-corrected chi connectivity index (χ3v) is 4.38. The Hall–Kier alpha value is -1.06. The van der Waals surface area contributed by atoms with Gasteiger partial charge in [-0.2, -0.15) is 0 Å². The van der Waals surface area contributed by atoms with Gasteiger partial charge in [0, 0.05) is 19.1 Å². The number of hydrogen-bond donors (Lipinski definition) is 1. The molecule has 0 bridgehead atoms. The molecular formula is C18H30N2O. The van der Waals surface area contributed by atoms with Crippen molar-refractivity contribution in [3.8, 4) is 5.75 Å². The van der Waals surface area contributed by atoms with Crippen LogP contribution in [-0.4, -0.2) is 44.2 Å². The highest BCUT2D eigenvalue weighted by Crippen LogP contribution is 2.16. The Morgan fingerprint density at radius 1 is 1.24 bits per heavy atom. The van der Waals surface area contributed by atoms with Crippen LogP contribution in [0.25, 0.3) is 0 Å². The van der Waals surface area contributed by atoms with Crippen molar-refractivity contribution in [2.45, 2.75) is 45.6 Å². The first kappa shape index (κ1) is 16.3. The summed E-state index contributed by atoms with van der Waals surface area (Å²) in [5.74, 6) is 0.995. The van der Waals surface area contributed by atoms with Crippen LogP contribution < -0.4 is 10.1 Å². The maximum absolute atomic E-state index is 5.84. The number of likely N-dealkylation sites (N-methyl/N-ethyl adjacent to an activating group) is 1. The standard InChI is InChI=1S/C18H30N2O/c1-15-8-9-18(13-16(15)2)21-12-6-11-20(3)14-17-7-4-5-10-19-17/h8-9,13,17,19H,4-7,10-12,14H2,1-3H3. The highest BCUT2D eigenvalue weighted by Gasteiger charge is 2.14. The Bertz CT molecular complexity index is 427. The highest BCUT2D eigenvalue weighted by atomic mass is 16.5. The second kappa shape index (κ2) is 8.40. The summed E-state index contributed by atoms with van der Waals surface area (Å²) in [6.07, 6.45) is 5.12. The Kier molecular flexibility index (Phi) is 6.52. The van der Waals surface area contributed by atoms with Crippen LogP contribution in [-0.2, 0) is 0 Å². The van der Waals surface area contributed by atoms with Crippen LogP contribution >= 0.6 is 0 Å². The summed E-state index contributed by atoms with van der Waals surface area (Å²) >= 11 is 0. The molecule has 1 atom stereocenters. The summed E-state index contributed by atoms with van der Waals surface area (Å²) in [6, 6.07) is 7.01. The summed E-state index contributed by atoms with van der Waals surface area (Å²) < 4.78 is 5.84. The first-order chi connectivity index (χ1) is 10.1. The van der Waals surface area contributed by atoms with E-state index in [-0.39, 0.29) is 0 Å². The van der Waals surface area contributed by atoms with Crippen LogP contribution in [0.4, 0.5) is 0 Å². The quantitative estimate of drug-likeness (QED) is 0.781. The third kappa shape index (κ3) is 5.68. The fourth-order valence-corrected chi connectivity index (χ4v) is 2.88. The molecule has 118 valence electrons. The monoisotopic (exact) mass is 290 g/mol. The zero-order chi connectivity index (χ0) is 15.1. The Morgan fingerprint density at radius 2 is 2.10 bits per heavy atom. The molecule has 3 heteroatoms. The number of ether oxygens (including phenoxy) is 1. The van der Waals surface area contributed by atoms with E-state index in [0.717, 1.165) is 31.9 Å². The molecule has 3 nitrogen and oxygen atoms in total. The van der Waals surface area contributed by atoms with Crippen molar-refractivity contribution >= 4 is 0 Å². The lowest BCUT2D eigenvalue weighted by molar-refractivity contribution is 0.233. The van der Waals surface area contributed by atoms with Crippen molar-refractivity contribution in [2.24, 2.45) is 0 Å². The number of rotatable bonds is 7. The number of benzene rings is 1. The molecule has 0 saturated carbocycles. The fraction of sp³-hybridized carbons (Fsp3) is 0.667. The van der Waals surface area contributed by atoms with Gasteiger partial charge in [-0.25, -0.2) is 0 Å². The van der Waals surface area contributed by atoms with Gasteiger partial charge in [-0.3, -0.25) is 0 Å². The number of piperidine rings is 1. The van der Waals surface area contributed by atoms with Crippen LogP contribution in [0.1, 0.15) is 36.8 Å². The number of hydrogen-bond acceptors (Lipinski definition) is 3. The highest BCUT2D eigenvalue weighted by molar-refractivity contribution is 5.33.